The highest BCUT2D eigenvalue weighted by atomic mass is 15.0. The number of nitrogens with zero attached hydrogens (tertiary/aromatic N) is 1. The van der Waals surface area contributed by atoms with Gasteiger partial charge in [0.2, 0.25) is 0 Å². The van der Waals surface area contributed by atoms with E-state index in [1.54, 1.807) is 0 Å². The van der Waals surface area contributed by atoms with Crippen LogP contribution in [0.3, 0.4) is 0 Å². The van der Waals surface area contributed by atoms with Gasteiger partial charge in [0.15, 0.2) is 0 Å². The summed E-state index contributed by atoms with van der Waals surface area (Å²) in [5, 5.41) is 4.97. The Hall–Kier alpha value is -1.72. The topological polar surface area (TPSA) is 17.0 Å². The smallest absolute Gasteiger partial charge is 0.0483 e. The van der Waals surface area contributed by atoms with Crippen LogP contribution in [0.2, 0.25) is 0 Å². The fraction of sp³-hybridized carbons (Fsp3) is 0.412. The minimum atomic E-state index is 0.761. The van der Waals surface area contributed by atoms with Gasteiger partial charge in [0.25, 0.3) is 0 Å². The Morgan fingerprint density at radius 2 is 2.21 bits per heavy atom. The molecule has 1 aromatic heterocycles. The van der Waals surface area contributed by atoms with Crippen LogP contribution in [-0.4, -0.2) is 10.6 Å². The number of fused-ring (bicyclic) bond motifs is 1. The first kappa shape index (κ1) is 12.3. The molecule has 0 amide bonds. The van der Waals surface area contributed by atoms with Crippen LogP contribution in [0.15, 0.2) is 30.5 Å². The molecule has 1 fully saturated rings. The van der Waals surface area contributed by atoms with Crippen molar-refractivity contribution in [2.45, 2.75) is 45.3 Å². The van der Waals surface area contributed by atoms with Crippen molar-refractivity contribution in [2.75, 3.05) is 0 Å². The monoisotopic (exact) mass is 252 g/mol. The van der Waals surface area contributed by atoms with Crippen molar-refractivity contribution < 1.29 is 0 Å². The van der Waals surface area contributed by atoms with Crippen molar-refractivity contribution in [2.24, 2.45) is 0 Å². The van der Waals surface area contributed by atoms with Crippen molar-refractivity contribution in [3.8, 4) is 11.8 Å². The van der Waals surface area contributed by atoms with Crippen molar-refractivity contribution in [1.82, 2.24) is 9.88 Å². The molecule has 1 aromatic carbocycles. The molecule has 0 radical (unpaired) electrons. The average Bonchev–Trinajstić information content (AvgIpc) is 3.17. The number of nitrogens with one attached hydrogen (secondary N) is 1. The van der Waals surface area contributed by atoms with Crippen LogP contribution >= 0.6 is 0 Å². The zero-order valence-electron chi connectivity index (χ0n) is 11.4. The lowest BCUT2D eigenvalue weighted by atomic mass is 10.1. The summed E-state index contributed by atoms with van der Waals surface area (Å²) in [6.07, 6.45) is 5.78. The molecular formula is C17H20N2. The van der Waals surface area contributed by atoms with Gasteiger partial charge in [-0.25, -0.2) is 0 Å². The van der Waals surface area contributed by atoms with E-state index in [2.05, 4.69) is 52.2 Å². The molecule has 2 heteroatoms. The van der Waals surface area contributed by atoms with Crippen LogP contribution in [0.5, 0.6) is 0 Å². The first-order chi connectivity index (χ1) is 9.38. The molecule has 0 aliphatic heterocycles. The van der Waals surface area contributed by atoms with Crippen LogP contribution in [0, 0.1) is 11.8 Å². The number of hydrogen-bond donors (Lipinski definition) is 1. The van der Waals surface area contributed by atoms with Crippen molar-refractivity contribution >= 4 is 10.9 Å². The molecule has 1 aliphatic carbocycles. The van der Waals surface area contributed by atoms with Gasteiger partial charge in [0, 0.05) is 42.7 Å². The summed E-state index contributed by atoms with van der Waals surface area (Å²) in [5.74, 6) is 6.09. The Labute approximate surface area is 114 Å². The van der Waals surface area contributed by atoms with Crippen LogP contribution < -0.4 is 5.32 Å². The average molecular weight is 252 g/mol. The van der Waals surface area contributed by atoms with E-state index < -0.39 is 0 Å². The third kappa shape index (κ3) is 2.83. The van der Waals surface area contributed by atoms with E-state index in [0.29, 0.717) is 0 Å². The molecule has 0 bridgehead atoms. The molecule has 2 aromatic rings. The fourth-order valence-corrected chi connectivity index (χ4v) is 2.48. The second-order valence-electron chi connectivity index (χ2n) is 5.19. The Morgan fingerprint density at radius 1 is 1.32 bits per heavy atom. The molecule has 1 aliphatic rings. The Bertz CT molecular complexity index is 623. The zero-order valence-corrected chi connectivity index (χ0v) is 11.4. The molecule has 0 saturated heterocycles. The van der Waals surface area contributed by atoms with Gasteiger partial charge in [0.05, 0.1) is 0 Å². The molecule has 98 valence electrons. The lowest BCUT2D eigenvalue weighted by molar-refractivity contribution is 0.691. The molecule has 3 rings (SSSR count). The van der Waals surface area contributed by atoms with Crippen LogP contribution in [0.1, 0.15) is 31.7 Å². The summed E-state index contributed by atoms with van der Waals surface area (Å²) in [6, 6.07) is 9.59. The predicted octanol–water partition coefficient (Wildman–Crippen LogP) is 3.31. The van der Waals surface area contributed by atoms with E-state index in [4.69, 9.17) is 0 Å². The Morgan fingerprint density at radius 3 is 3.00 bits per heavy atom. The van der Waals surface area contributed by atoms with Gasteiger partial charge in [0.1, 0.15) is 0 Å². The summed E-state index contributed by atoms with van der Waals surface area (Å²) in [6.45, 7) is 3.86. The SMILES string of the molecule is CC#CCCn1ccc2c(CNC3CC3)cccc21. The third-order valence-electron chi connectivity index (χ3n) is 3.72. The second-order valence-corrected chi connectivity index (χ2v) is 5.19. The number of aryl methyl sites for hydroxylation is 1. The lowest BCUT2D eigenvalue weighted by Crippen LogP contribution is -2.15. The molecule has 0 unspecified atom stereocenters. The minimum Gasteiger partial charge on any atom is -0.347 e. The standard InChI is InChI=1S/C17H20N2/c1-2-3-4-11-19-12-10-16-14(6-5-7-17(16)19)13-18-15-8-9-15/h5-7,10,12,15,18H,4,8-9,11,13H2,1H3. The first-order valence-corrected chi connectivity index (χ1v) is 7.08. The summed E-state index contributed by atoms with van der Waals surface area (Å²) >= 11 is 0. The van der Waals surface area contributed by atoms with Crippen LogP contribution in [0.25, 0.3) is 10.9 Å². The molecule has 0 spiro atoms. The van der Waals surface area contributed by atoms with E-state index in [9.17, 15) is 0 Å². The number of hydrogen-bond acceptors (Lipinski definition) is 1. The maximum Gasteiger partial charge on any atom is 0.0483 e. The highest BCUT2D eigenvalue weighted by Crippen LogP contribution is 2.23. The van der Waals surface area contributed by atoms with Gasteiger partial charge in [-0.3, -0.25) is 0 Å². The second kappa shape index (κ2) is 5.50. The molecule has 0 atom stereocenters. The van der Waals surface area contributed by atoms with E-state index in [0.717, 1.165) is 25.6 Å². The summed E-state index contributed by atoms with van der Waals surface area (Å²) in [4.78, 5) is 0. The lowest BCUT2D eigenvalue weighted by Gasteiger charge is -2.07. The normalized spacial score (nSPS) is 14.4. The van der Waals surface area contributed by atoms with Gasteiger partial charge in [-0.05, 0) is 37.5 Å². The maximum absolute atomic E-state index is 3.59. The summed E-state index contributed by atoms with van der Waals surface area (Å²) in [7, 11) is 0. The molecule has 1 saturated carbocycles. The van der Waals surface area contributed by atoms with Crippen molar-refractivity contribution in [1.29, 1.82) is 0 Å². The largest absolute Gasteiger partial charge is 0.347 e. The van der Waals surface area contributed by atoms with Crippen LogP contribution in [0.4, 0.5) is 0 Å². The number of rotatable bonds is 5. The number of benzene rings is 1. The van der Waals surface area contributed by atoms with E-state index in [1.165, 1.54) is 29.3 Å². The molecule has 19 heavy (non-hydrogen) atoms. The van der Waals surface area contributed by atoms with E-state index in [1.807, 2.05) is 6.92 Å². The van der Waals surface area contributed by atoms with Crippen molar-refractivity contribution in [3.63, 3.8) is 0 Å². The molecule has 1 N–H and O–H groups in total. The van der Waals surface area contributed by atoms with Crippen molar-refractivity contribution in [3.05, 3.63) is 36.0 Å². The summed E-state index contributed by atoms with van der Waals surface area (Å²) in [5.41, 5.74) is 2.73. The molecule has 2 nitrogen and oxygen atoms in total. The van der Waals surface area contributed by atoms with Gasteiger partial charge < -0.3 is 9.88 Å². The summed E-state index contributed by atoms with van der Waals surface area (Å²) < 4.78 is 2.31. The van der Waals surface area contributed by atoms with E-state index >= 15 is 0 Å². The minimum absolute atomic E-state index is 0.761. The van der Waals surface area contributed by atoms with Gasteiger partial charge in [-0.15, -0.1) is 11.8 Å². The highest BCUT2D eigenvalue weighted by molar-refractivity contribution is 5.83. The zero-order chi connectivity index (χ0) is 13.1. The van der Waals surface area contributed by atoms with Crippen LogP contribution in [-0.2, 0) is 13.1 Å². The quantitative estimate of drug-likeness (QED) is 0.808. The maximum atomic E-state index is 3.59. The Kier molecular flexibility index (Phi) is 3.57. The van der Waals surface area contributed by atoms with E-state index in [-0.39, 0.29) is 0 Å². The van der Waals surface area contributed by atoms with Gasteiger partial charge in [-0.2, -0.15) is 0 Å². The Balaban J connectivity index is 1.81. The highest BCUT2D eigenvalue weighted by Gasteiger charge is 2.20. The molecular weight excluding hydrogens is 232 g/mol. The molecule has 1 heterocycles. The first-order valence-electron chi connectivity index (χ1n) is 7.08. The number of aromatic nitrogens is 1. The third-order valence-corrected chi connectivity index (χ3v) is 3.72. The van der Waals surface area contributed by atoms with Gasteiger partial charge in [-0.1, -0.05) is 12.1 Å². The fourth-order valence-electron chi connectivity index (χ4n) is 2.48. The van der Waals surface area contributed by atoms with Gasteiger partial charge >= 0.3 is 0 Å². The predicted molar refractivity (Wildman–Crippen MR) is 79.9 cm³/mol.